The zero-order valence-electron chi connectivity index (χ0n) is 16.9. The summed E-state index contributed by atoms with van der Waals surface area (Å²) in [7, 11) is 0. The number of nitrogens with zero attached hydrogens (tertiary/aromatic N) is 5. The van der Waals surface area contributed by atoms with Crippen molar-refractivity contribution in [3.8, 4) is 27.8 Å². The fraction of sp³-hybridized carbons (Fsp3) is 0.429. The van der Waals surface area contributed by atoms with Crippen molar-refractivity contribution in [2.75, 3.05) is 19.7 Å². The van der Waals surface area contributed by atoms with Gasteiger partial charge in [0.05, 0.1) is 12.3 Å². The summed E-state index contributed by atoms with van der Waals surface area (Å²) in [5.41, 5.74) is 3.05. The normalized spacial score (nSPS) is 18.1. The van der Waals surface area contributed by atoms with E-state index < -0.39 is 6.09 Å². The van der Waals surface area contributed by atoms with Crippen molar-refractivity contribution in [2.45, 2.75) is 38.6 Å². The zero-order chi connectivity index (χ0) is 20.8. The molecule has 1 fully saturated rings. The van der Waals surface area contributed by atoms with Gasteiger partial charge in [-0.2, -0.15) is 5.10 Å². The first-order valence-corrected chi connectivity index (χ1v) is 11.0. The van der Waals surface area contributed by atoms with Crippen LogP contribution in [-0.4, -0.2) is 55.5 Å². The second-order valence-electron chi connectivity index (χ2n) is 7.98. The molecule has 1 aromatic carbocycles. The molecule has 5 rings (SSSR count). The molecule has 4 heterocycles. The van der Waals surface area contributed by atoms with Gasteiger partial charge in [-0.25, -0.2) is 19.4 Å². The van der Waals surface area contributed by atoms with Gasteiger partial charge in [-0.05, 0) is 38.0 Å². The first-order chi connectivity index (χ1) is 14.5. The third-order valence-corrected chi connectivity index (χ3v) is 6.84. The fourth-order valence-electron chi connectivity index (χ4n) is 4.18. The van der Waals surface area contributed by atoms with Crippen molar-refractivity contribution in [3.05, 3.63) is 35.0 Å². The van der Waals surface area contributed by atoms with Gasteiger partial charge >= 0.3 is 6.09 Å². The Morgan fingerprint density at radius 3 is 3.00 bits per heavy atom. The summed E-state index contributed by atoms with van der Waals surface area (Å²) in [4.78, 5) is 23.3. The van der Waals surface area contributed by atoms with E-state index in [-0.39, 0.29) is 12.0 Å². The second-order valence-corrected chi connectivity index (χ2v) is 9.06. The molecule has 156 valence electrons. The summed E-state index contributed by atoms with van der Waals surface area (Å²) < 4.78 is 7.96. The van der Waals surface area contributed by atoms with Crippen LogP contribution < -0.4 is 4.74 Å². The van der Waals surface area contributed by atoms with Gasteiger partial charge in [-0.3, -0.25) is 0 Å². The number of fused-ring (bicyclic) bond motifs is 3. The van der Waals surface area contributed by atoms with Gasteiger partial charge in [0.2, 0.25) is 0 Å². The molecule has 1 atom stereocenters. The van der Waals surface area contributed by atoms with E-state index in [1.54, 1.807) is 17.7 Å². The molecule has 0 spiro atoms. The minimum absolute atomic E-state index is 0.202. The molecule has 2 aliphatic rings. The molecule has 1 unspecified atom stereocenters. The smallest absolute Gasteiger partial charge is 0.407 e. The molecule has 8 nitrogen and oxygen atoms in total. The molecule has 1 saturated heterocycles. The lowest BCUT2D eigenvalue weighted by molar-refractivity contribution is 0.155. The SMILES string of the molecule is CC(C)n1ncnc1-c1nc2c(s1)CCOc1cc(C3CCN(C(=O)O)C3)ccc1-2. The van der Waals surface area contributed by atoms with Crippen molar-refractivity contribution in [2.24, 2.45) is 0 Å². The van der Waals surface area contributed by atoms with Crippen molar-refractivity contribution in [3.63, 3.8) is 0 Å². The number of thiazole rings is 1. The molecule has 2 aliphatic heterocycles. The van der Waals surface area contributed by atoms with Crippen LogP contribution in [0.15, 0.2) is 24.5 Å². The molecule has 0 aliphatic carbocycles. The molecular weight excluding hydrogens is 402 g/mol. The van der Waals surface area contributed by atoms with E-state index in [4.69, 9.17) is 9.72 Å². The number of hydrogen-bond acceptors (Lipinski definition) is 6. The lowest BCUT2D eigenvalue weighted by Gasteiger charge is -2.15. The summed E-state index contributed by atoms with van der Waals surface area (Å²) in [6.45, 7) is 5.86. The minimum Gasteiger partial charge on any atom is -0.492 e. The average Bonchev–Trinajstić information content (AvgIpc) is 3.45. The Bertz CT molecular complexity index is 1110. The van der Waals surface area contributed by atoms with Gasteiger partial charge in [0, 0.05) is 41.9 Å². The number of rotatable bonds is 3. The standard InChI is InChI=1S/C21H23N5O3S/c1-12(2)26-19(22-11-23-26)20-24-18-15-4-3-13(14-5-7-25(10-14)21(27)28)9-16(15)29-8-6-17(18)30-20/h3-4,9,11-12,14H,5-8,10H2,1-2H3,(H,27,28). The van der Waals surface area contributed by atoms with Crippen LogP contribution in [0.2, 0.25) is 0 Å². The number of amides is 1. The Morgan fingerprint density at radius 1 is 1.37 bits per heavy atom. The van der Waals surface area contributed by atoms with Crippen molar-refractivity contribution >= 4 is 17.4 Å². The Hall–Kier alpha value is -2.94. The Labute approximate surface area is 178 Å². The van der Waals surface area contributed by atoms with E-state index in [1.807, 2.05) is 4.68 Å². The number of likely N-dealkylation sites (tertiary alicyclic amines) is 1. The maximum absolute atomic E-state index is 11.2. The number of ether oxygens (including phenoxy) is 1. The Morgan fingerprint density at radius 2 is 2.23 bits per heavy atom. The predicted molar refractivity (Wildman–Crippen MR) is 113 cm³/mol. The number of aromatic nitrogens is 4. The first-order valence-electron chi connectivity index (χ1n) is 10.2. The van der Waals surface area contributed by atoms with Gasteiger partial charge in [0.25, 0.3) is 0 Å². The van der Waals surface area contributed by atoms with Crippen LogP contribution in [0.5, 0.6) is 5.75 Å². The van der Waals surface area contributed by atoms with Gasteiger partial charge in [0.15, 0.2) is 10.8 Å². The van der Waals surface area contributed by atoms with E-state index >= 15 is 0 Å². The highest BCUT2D eigenvalue weighted by atomic mass is 32.1. The van der Waals surface area contributed by atoms with Crippen LogP contribution in [0.1, 0.15) is 42.7 Å². The highest BCUT2D eigenvalue weighted by molar-refractivity contribution is 7.15. The van der Waals surface area contributed by atoms with Crippen LogP contribution in [0.25, 0.3) is 22.1 Å². The maximum atomic E-state index is 11.2. The van der Waals surface area contributed by atoms with E-state index in [1.165, 1.54) is 9.78 Å². The summed E-state index contributed by atoms with van der Waals surface area (Å²) in [5, 5.41) is 14.4. The van der Waals surface area contributed by atoms with Crippen LogP contribution in [0.4, 0.5) is 4.79 Å². The Balaban J connectivity index is 1.49. The Kier molecular flexibility index (Phi) is 4.69. The molecule has 0 bridgehead atoms. The van der Waals surface area contributed by atoms with Crippen molar-refractivity contribution in [1.29, 1.82) is 0 Å². The van der Waals surface area contributed by atoms with Gasteiger partial charge < -0.3 is 14.7 Å². The van der Waals surface area contributed by atoms with Crippen LogP contribution in [0.3, 0.4) is 0 Å². The summed E-state index contributed by atoms with van der Waals surface area (Å²) in [5.74, 6) is 1.82. The van der Waals surface area contributed by atoms with Crippen LogP contribution in [-0.2, 0) is 6.42 Å². The molecule has 30 heavy (non-hydrogen) atoms. The summed E-state index contributed by atoms with van der Waals surface area (Å²) in [6, 6.07) is 6.43. The summed E-state index contributed by atoms with van der Waals surface area (Å²) in [6.07, 6.45) is 2.36. The average molecular weight is 426 g/mol. The lowest BCUT2D eigenvalue weighted by atomic mass is 9.96. The van der Waals surface area contributed by atoms with Gasteiger partial charge in [-0.1, -0.05) is 6.07 Å². The van der Waals surface area contributed by atoms with E-state index in [2.05, 4.69) is 42.1 Å². The van der Waals surface area contributed by atoms with Crippen molar-refractivity contribution in [1.82, 2.24) is 24.6 Å². The highest BCUT2D eigenvalue weighted by Crippen LogP contribution is 2.42. The van der Waals surface area contributed by atoms with Gasteiger partial charge in [0.1, 0.15) is 12.1 Å². The third kappa shape index (κ3) is 3.23. The maximum Gasteiger partial charge on any atom is 0.407 e. The van der Waals surface area contributed by atoms with E-state index in [0.717, 1.165) is 46.2 Å². The molecule has 0 radical (unpaired) electrons. The van der Waals surface area contributed by atoms with E-state index in [0.29, 0.717) is 19.7 Å². The molecule has 2 aromatic heterocycles. The number of carbonyl (C=O) groups is 1. The van der Waals surface area contributed by atoms with Crippen LogP contribution >= 0.6 is 11.3 Å². The summed E-state index contributed by atoms with van der Waals surface area (Å²) >= 11 is 1.65. The molecule has 1 amide bonds. The van der Waals surface area contributed by atoms with Crippen LogP contribution in [0, 0.1) is 0 Å². The van der Waals surface area contributed by atoms with Gasteiger partial charge in [-0.15, -0.1) is 11.3 Å². The fourth-order valence-corrected chi connectivity index (χ4v) is 5.22. The monoisotopic (exact) mass is 425 g/mol. The third-order valence-electron chi connectivity index (χ3n) is 5.73. The van der Waals surface area contributed by atoms with Crippen molar-refractivity contribution < 1.29 is 14.6 Å². The molecule has 9 heteroatoms. The zero-order valence-corrected chi connectivity index (χ0v) is 17.7. The topological polar surface area (TPSA) is 93.4 Å². The molecule has 0 saturated carbocycles. The highest BCUT2D eigenvalue weighted by Gasteiger charge is 2.29. The quantitative estimate of drug-likeness (QED) is 0.680. The second kappa shape index (κ2) is 7.39. The van der Waals surface area contributed by atoms with E-state index in [9.17, 15) is 9.90 Å². The lowest BCUT2D eigenvalue weighted by Crippen LogP contribution is -2.26. The number of hydrogen-bond donors (Lipinski definition) is 1. The first kappa shape index (κ1) is 19.0. The molecular formula is C21H23N5O3S. The largest absolute Gasteiger partial charge is 0.492 e. The molecule has 3 aromatic rings. The predicted octanol–water partition coefficient (Wildman–Crippen LogP) is 4.05. The molecule has 1 N–H and O–H groups in total. The minimum atomic E-state index is -0.850. The number of benzene rings is 1. The number of carboxylic acid groups (broad SMARTS) is 1.